The van der Waals surface area contributed by atoms with E-state index in [0.29, 0.717) is 6.61 Å². The number of hydrogen-bond donors (Lipinski definition) is 0. The second-order valence-electron chi connectivity index (χ2n) is 2.78. The number of cyclic esters (lactones) is 2. The zero-order chi connectivity index (χ0) is 10.3. The zero-order valence-corrected chi connectivity index (χ0v) is 8.15. The minimum Gasteiger partial charge on any atom is -0.430 e. The van der Waals surface area contributed by atoms with Gasteiger partial charge in [-0.05, 0) is 6.42 Å². The SMILES string of the molecule is CCC1COC(=O)O1.CN(C)C=O. The molecule has 1 aliphatic heterocycles. The lowest BCUT2D eigenvalue weighted by atomic mass is 10.3. The maximum absolute atomic E-state index is 10.2. The summed E-state index contributed by atoms with van der Waals surface area (Å²) in [5.74, 6) is 0. The monoisotopic (exact) mass is 189 g/mol. The van der Waals surface area contributed by atoms with Gasteiger partial charge in [-0.25, -0.2) is 4.79 Å². The summed E-state index contributed by atoms with van der Waals surface area (Å²) < 4.78 is 9.14. The van der Waals surface area contributed by atoms with Crippen LogP contribution in [0.3, 0.4) is 0 Å². The minimum absolute atomic E-state index is 0.00231. The van der Waals surface area contributed by atoms with Crippen molar-refractivity contribution in [3.63, 3.8) is 0 Å². The Morgan fingerprint density at radius 2 is 2.15 bits per heavy atom. The van der Waals surface area contributed by atoms with Gasteiger partial charge in [-0.2, -0.15) is 0 Å². The van der Waals surface area contributed by atoms with E-state index < -0.39 is 6.16 Å². The molecule has 1 fully saturated rings. The van der Waals surface area contributed by atoms with Crippen LogP contribution in [0.15, 0.2) is 0 Å². The molecule has 0 aromatic carbocycles. The first-order valence-corrected chi connectivity index (χ1v) is 4.05. The van der Waals surface area contributed by atoms with Crippen LogP contribution in [0.5, 0.6) is 0 Å². The highest BCUT2D eigenvalue weighted by Crippen LogP contribution is 2.07. The predicted molar refractivity (Wildman–Crippen MR) is 46.3 cm³/mol. The average molecular weight is 189 g/mol. The maximum Gasteiger partial charge on any atom is 0.508 e. The van der Waals surface area contributed by atoms with Crippen LogP contribution in [0.4, 0.5) is 4.79 Å². The summed E-state index contributed by atoms with van der Waals surface area (Å²) in [7, 11) is 3.38. The van der Waals surface area contributed by atoms with Crippen LogP contribution in [0.25, 0.3) is 0 Å². The van der Waals surface area contributed by atoms with Gasteiger partial charge in [0.2, 0.25) is 6.41 Å². The van der Waals surface area contributed by atoms with Crippen molar-refractivity contribution in [3.8, 4) is 0 Å². The fourth-order valence-electron chi connectivity index (χ4n) is 0.566. The van der Waals surface area contributed by atoms with Crippen molar-refractivity contribution < 1.29 is 19.1 Å². The van der Waals surface area contributed by atoms with Crippen molar-refractivity contribution in [1.82, 2.24) is 4.90 Å². The lowest BCUT2D eigenvalue weighted by Gasteiger charge is -1.97. The van der Waals surface area contributed by atoms with Gasteiger partial charge >= 0.3 is 6.16 Å². The van der Waals surface area contributed by atoms with E-state index in [9.17, 15) is 9.59 Å². The Bertz CT molecular complexity index is 170. The normalized spacial score (nSPS) is 19.3. The average Bonchev–Trinajstić information content (AvgIpc) is 2.52. The molecule has 5 heteroatoms. The van der Waals surface area contributed by atoms with Gasteiger partial charge < -0.3 is 14.4 Å². The summed E-state index contributed by atoms with van der Waals surface area (Å²) in [4.78, 5) is 21.0. The first-order chi connectivity index (χ1) is 6.10. The van der Waals surface area contributed by atoms with Crippen LogP contribution in [0.1, 0.15) is 13.3 Å². The molecule has 1 rings (SSSR count). The first-order valence-electron chi connectivity index (χ1n) is 4.05. The molecule has 1 unspecified atom stereocenters. The molecule has 0 aliphatic carbocycles. The number of nitrogens with zero attached hydrogens (tertiary/aromatic N) is 1. The Labute approximate surface area is 77.6 Å². The summed E-state index contributed by atoms with van der Waals surface area (Å²) in [6, 6.07) is 0. The summed E-state index contributed by atoms with van der Waals surface area (Å²) in [5.41, 5.74) is 0. The molecular formula is C8H15NO4. The number of carbonyl (C=O) groups is 2. The van der Waals surface area contributed by atoms with Gasteiger partial charge in [-0.1, -0.05) is 6.92 Å². The van der Waals surface area contributed by atoms with E-state index in [2.05, 4.69) is 9.47 Å². The molecule has 5 nitrogen and oxygen atoms in total. The van der Waals surface area contributed by atoms with E-state index >= 15 is 0 Å². The molecule has 0 spiro atoms. The smallest absolute Gasteiger partial charge is 0.430 e. The third-order valence-electron chi connectivity index (χ3n) is 1.32. The van der Waals surface area contributed by atoms with Crippen LogP contribution in [0, 0.1) is 0 Å². The molecule has 0 aromatic rings. The second-order valence-corrected chi connectivity index (χ2v) is 2.78. The molecule has 1 heterocycles. The van der Waals surface area contributed by atoms with Crippen LogP contribution >= 0.6 is 0 Å². The van der Waals surface area contributed by atoms with Crippen LogP contribution < -0.4 is 0 Å². The van der Waals surface area contributed by atoms with Gasteiger partial charge in [-0.15, -0.1) is 0 Å². The van der Waals surface area contributed by atoms with Gasteiger partial charge in [-0.3, -0.25) is 4.79 Å². The molecule has 0 bridgehead atoms. The number of hydrogen-bond acceptors (Lipinski definition) is 4. The van der Waals surface area contributed by atoms with Gasteiger partial charge in [0, 0.05) is 14.1 Å². The van der Waals surface area contributed by atoms with Gasteiger partial charge in [0.25, 0.3) is 0 Å². The number of carbonyl (C=O) groups excluding carboxylic acids is 2. The minimum atomic E-state index is -0.531. The Balaban J connectivity index is 0.000000252. The Morgan fingerprint density at radius 1 is 1.62 bits per heavy atom. The van der Waals surface area contributed by atoms with Crippen molar-refractivity contribution in [2.75, 3.05) is 20.7 Å². The van der Waals surface area contributed by atoms with E-state index in [1.165, 1.54) is 4.90 Å². The molecule has 0 radical (unpaired) electrons. The summed E-state index contributed by atoms with van der Waals surface area (Å²) in [5, 5.41) is 0. The summed E-state index contributed by atoms with van der Waals surface area (Å²) in [6.45, 7) is 2.38. The second kappa shape index (κ2) is 6.28. The molecular weight excluding hydrogens is 174 g/mol. The van der Waals surface area contributed by atoms with Crippen molar-refractivity contribution in [2.45, 2.75) is 19.4 Å². The number of ether oxygens (including phenoxy) is 2. The van der Waals surface area contributed by atoms with Gasteiger partial charge in [0.05, 0.1) is 0 Å². The number of amides is 1. The summed E-state index contributed by atoms with van der Waals surface area (Å²) in [6.07, 6.45) is 1.06. The maximum atomic E-state index is 10.2. The van der Waals surface area contributed by atoms with Crippen LogP contribution in [0.2, 0.25) is 0 Å². The molecule has 76 valence electrons. The highest BCUT2D eigenvalue weighted by molar-refractivity contribution is 5.61. The van der Waals surface area contributed by atoms with E-state index in [1.807, 2.05) is 6.92 Å². The van der Waals surface area contributed by atoms with E-state index in [1.54, 1.807) is 14.1 Å². The van der Waals surface area contributed by atoms with Crippen molar-refractivity contribution >= 4 is 12.6 Å². The van der Waals surface area contributed by atoms with E-state index in [-0.39, 0.29) is 6.10 Å². The molecule has 0 aromatic heterocycles. The number of rotatable bonds is 2. The molecule has 0 saturated carbocycles. The van der Waals surface area contributed by atoms with Crippen molar-refractivity contribution in [1.29, 1.82) is 0 Å². The van der Waals surface area contributed by atoms with Gasteiger partial charge in [0.1, 0.15) is 12.7 Å². The molecule has 13 heavy (non-hydrogen) atoms. The molecule has 1 amide bonds. The fraction of sp³-hybridized carbons (Fsp3) is 0.750. The quantitative estimate of drug-likeness (QED) is 0.472. The topological polar surface area (TPSA) is 55.8 Å². The third-order valence-corrected chi connectivity index (χ3v) is 1.32. The molecule has 0 N–H and O–H groups in total. The molecule has 1 saturated heterocycles. The van der Waals surface area contributed by atoms with E-state index in [0.717, 1.165) is 12.8 Å². The highest BCUT2D eigenvalue weighted by Gasteiger charge is 2.22. The predicted octanol–water partition coefficient (Wildman–Crippen LogP) is 0.636. The molecule has 1 aliphatic rings. The highest BCUT2D eigenvalue weighted by atomic mass is 16.8. The third kappa shape index (κ3) is 5.95. The standard InChI is InChI=1S/C5H8O3.C3H7NO/c1-2-4-3-7-5(6)8-4;1-4(2)3-5/h4H,2-3H2,1H3;3H,1-2H3. The largest absolute Gasteiger partial charge is 0.508 e. The van der Waals surface area contributed by atoms with Crippen LogP contribution in [-0.2, 0) is 14.3 Å². The van der Waals surface area contributed by atoms with Crippen molar-refractivity contribution in [2.24, 2.45) is 0 Å². The summed E-state index contributed by atoms with van der Waals surface area (Å²) >= 11 is 0. The molecule has 1 atom stereocenters. The Kier molecular flexibility index (Phi) is 5.67. The van der Waals surface area contributed by atoms with Crippen LogP contribution in [-0.4, -0.2) is 44.3 Å². The fourth-order valence-corrected chi connectivity index (χ4v) is 0.566. The lowest BCUT2D eigenvalue weighted by Crippen LogP contribution is -2.06. The first kappa shape index (κ1) is 11.7. The van der Waals surface area contributed by atoms with Crippen molar-refractivity contribution in [3.05, 3.63) is 0 Å². The Hall–Kier alpha value is -1.26. The lowest BCUT2D eigenvalue weighted by molar-refractivity contribution is -0.115. The zero-order valence-electron chi connectivity index (χ0n) is 8.15. The Morgan fingerprint density at radius 3 is 2.31 bits per heavy atom. The van der Waals surface area contributed by atoms with Gasteiger partial charge in [0.15, 0.2) is 0 Å². The van der Waals surface area contributed by atoms with E-state index in [4.69, 9.17) is 0 Å².